The van der Waals surface area contributed by atoms with Crippen LogP contribution < -0.4 is 10.6 Å². The van der Waals surface area contributed by atoms with Gasteiger partial charge < -0.3 is 9.57 Å². The molecule has 0 aliphatic heterocycles. The van der Waals surface area contributed by atoms with Crippen LogP contribution in [0.15, 0.2) is 18.2 Å². The Morgan fingerprint density at radius 3 is 2.77 bits per heavy atom. The minimum Gasteiger partial charge on any atom is -0.497 e. The van der Waals surface area contributed by atoms with E-state index in [4.69, 9.17) is 10.6 Å². The summed E-state index contributed by atoms with van der Waals surface area (Å²) in [4.78, 5) is 4.40. The second kappa shape index (κ2) is 4.79. The Labute approximate surface area is 76.2 Å². The van der Waals surface area contributed by atoms with Crippen LogP contribution in [-0.2, 0) is 11.3 Å². The number of nitrogens with two attached hydrogens (primary N) is 1. The van der Waals surface area contributed by atoms with Gasteiger partial charge in [-0.2, -0.15) is 0 Å². The van der Waals surface area contributed by atoms with Gasteiger partial charge in [0.15, 0.2) is 0 Å². The number of benzene rings is 1. The Morgan fingerprint density at radius 1 is 1.38 bits per heavy atom. The third-order valence-corrected chi connectivity index (χ3v) is 1.68. The molecule has 0 saturated heterocycles. The smallest absolute Gasteiger partial charge is 0.127 e. The summed E-state index contributed by atoms with van der Waals surface area (Å²) in [6.07, 6.45) is 0.574. The van der Waals surface area contributed by atoms with Crippen LogP contribution in [0.25, 0.3) is 0 Å². The van der Waals surface area contributed by atoms with E-state index in [0.29, 0.717) is 18.8 Å². The van der Waals surface area contributed by atoms with Gasteiger partial charge in [0, 0.05) is 6.07 Å². The van der Waals surface area contributed by atoms with Gasteiger partial charge in [0.2, 0.25) is 0 Å². The molecule has 0 aliphatic rings. The van der Waals surface area contributed by atoms with Crippen LogP contribution in [0.3, 0.4) is 0 Å². The van der Waals surface area contributed by atoms with E-state index in [1.54, 1.807) is 6.07 Å². The second-order valence-electron chi connectivity index (χ2n) is 2.62. The molecule has 0 aromatic heterocycles. The van der Waals surface area contributed by atoms with Crippen LogP contribution >= 0.6 is 0 Å². The van der Waals surface area contributed by atoms with E-state index in [1.807, 2.05) is 0 Å². The molecule has 3 nitrogen and oxygen atoms in total. The van der Waals surface area contributed by atoms with Gasteiger partial charge in [-0.3, -0.25) is 0 Å². The SMILES string of the molecule is COc1cc(F)cc(CCON)c1. The summed E-state index contributed by atoms with van der Waals surface area (Å²) in [5.41, 5.74) is 0.808. The average molecular weight is 185 g/mol. The number of hydrogen-bond donors (Lipinski definition) is 1. The quantitative estimate of drug-likeness (QED) is 0.718. The third kappa shape index (κ3) is 3.01. The van der Waals surface area contributed by atoms with E-state index >= 15 is 0 Å². The number of halogens is 1. The van der Waals surface area contributed by atoms with Gasteiger partial charge in [0.25, 0.3) is 0 Å². The molecule has 0 amide bonds. The van der Waals surface area contributed by atoms with Crippen molar-refractivity contribution in [2.45, 2.75) is 6.42 Å². The molecule has 0 fully saturated rings. The zero-order valence-electron chi connectivity index (χ0n) is 7.42. The fourth-order valence-corrected chi connectivity index (χ4v) is 1.06. The second-order valence-corrected chi connectivity index (χ2v) is 2.62. The molecule has 0 atom stereocenters. The number of hydrogen-bond acceptors (Lipinski definition) is 3. The van der Waals surface area contributed by atoms with E-state index in [2.05, 4.69) is 4.84 Å². The fraction of sp³-hybridized carbons (Fsp3) is 0.333. The maximum absolute atomic E-state index is 12.9. The molecule has 13 heavy (non-hydrogen) atoms. The van der Waals surface area contributed by atoms with Gasteiger partial charge in [-0.15, -0.1) is 0 Å². The normalized spacial score (nSPS) is 10.1. The van der Waals surface area contributed by atoms with Gasteiger partial charge in [0.1, 0.15) is 11.6 Å². The van der Waals surface area contributed by atoms with Crippen LogP contribution in [0.1, 0.15) is 5.56 Å². The zero-order chi connectivity index (χ0) is 9.68. The molecule has 0 spiro atoms. The molecule has 4 heteroatoms. The highest BCUT2D eigenvalue weighted by Crippen LogP contribution is 2.16. The Morgan fingerprint density at radius 2 is 2.15 bits per heavy atom. The van der Waals surface area contributed by atoms with Crippen molar-refractivity contribution in [1.82, 2.24) is 0 Å². The third-order valence-electron chi connectivity index (χ3n) is 1.68. The van der Waals surface area contributed by atoms with Gasteiger partial charge in [0.05, 0.1) is 13.7 Å². The highest BCUT2D eigenvalue weighted by molar-refractivity contribution is 5.29. The van der Waals surface area contributed by atoms with Crippen molar-refractivity contribution >= 4 is 0 Å². The number of rotatable bonds is 4. The lowest BCUT2D eigenvalue weighted by atomic mass is 10.1. The Bertz CT molecular complexity index is 278. The largest absolute Gasteiger partial charge is 0.497 e. The first-order valence-corrected chi connectivity index (χ1v) is 3.91. The molecule has 72 valence electrons. The van der Waals surface area contributed by atoms with Crippen molar-refractivity contribution in [3.05, 3.63) is 29.6 Å². The summed E-state index contributed by atoms with van der Waals surface area (Å²) in [7, 11) is 1.50. The predicted molar refractivity (Wildman–Crippen MR) is 46.8 cm³/mol. The van der Waals surface area contributed by atoms with E-state index in [-0.39, 0.29) is 5.82 Å². The highest BCUT2D eigenvalue weighted by atomic mass is 19.1. The number of ether oxygens (including phenoxy) is 1. The lowest BCUT2D eigenvalue weighted by Crippen LogP contribution is -2.04. The maximum Gasteiger partial charge on any atom is 0.127 e. The van der Waals surface area contributed by atoms with Crippen LogP contribution in [0.5, 0.6) is 5.75 Å². The van der Waals surface area contributed by atoms with Crippen LogP contribution in [0.2, 0.25) is 0 Å². The van der Waals surface area contributed by atoms with Gasteiger partial charge in [-0.1, -0.05) is 0 Å². The van der Waals surface area contributed by atoms with E-state index in [9.17, 15) is 4.39 Å². The molecule has 0 bridgehead atoms. The minimum absolute atomic E-state index is 0.314. The highest BCUT2D eigenvalue weighted by Gasteiger charge is 2.00. The summed E-state index contributed by atoms with van der Waals surface area (Å²) >= 11 is 0. The topological polar surface area (TPSA) is 44.5 Å². The molecule has 0 saturated carbocycles. The minimum atomic E-state index is -0.314. The van der Waals surface area contributed by atoms with Crippen LogP contribution in [0, 0.1) is 5.82 Å². The molecule has 1 rings (SSSR count). The summed E-state index contributed by atoms with van der Waals surface area (Å²) < 4.78 is 17.8. The molecule has 0 unspecified atom stereocenters. The van der Waals surface area contributed by atoms with Gasteiger partial charge >= 0.3 is 0 Å². The fourth-order valence-electron chi connectivity index (χ4n) is 1.06. The molecule has 0 heterocycles. The molecular formula is C9H12FNO2. The summed E-state index contributed by atoms with van der Waals surface area (Å²) in [6, 6.07) is 4.51. The first-order valence-electron chi connectivity index (χ1n) is 3.91. The summed E-state index contributed by atoms with van der Waals surface area (Å²) in [5, 5.41) is 0. The van der Waals surface area contributed by atoms with Crippen molar-refractivity contribution in [2.24, 2.45) is 5.90 Å². The van der Waals surface area contributed by atoms with Gasteiger partial charge in [-0.25, -0.2) is 10.3 Å². The molecule has 2 N–H and O–H groups in total. The first-order chi connectivity index (χ1) is 6.26. The zero-order valence-corrected chi connectivity index (χ0v) is 7.42. The van der Waals surface area contributed by atoms with E-state index in [1.165, 1.54) is 19.2 Å². The Hall–Kier alpha value is -1.13. The van der Waals surface area contributed by atoms with Crippen molar-refractivity contribution in [3.63, 3.8) is 0 Å². The Balaban J connectivity index is 2.76. The van der Waals surface area contributed by atoms with Crippen molar-refractivity contribution in [3.8, 4) is 5.75 Å². The van der Waals surface area contributed by atoms with Crippen LogP contribution in [-0.4, -0.2) is 13.7 Å². The average Bonchev–Trinajstić information content (AvgIpc) is 2.14. The van der Waals surface area contributed by atoms with E-state index in [0.717, 1.165) is 5.56 Å². The first kappa shape index (κ1) is 9.95. The van der Waals surface area contributed by atoms with Crippen molar-refractivity contribution in [2.75, 3.05) is 13.7 Å². The molecule has 0 radical (unpaired) electrons. The molecule has 1 aromatic rings. The van der Waals surface area contributed by atoms with Gasteiger partial charge in [-0.05, 0) is 24.1 Å². The lowest BCUT2D eigenvalue weighted by molar-refractivity contribution is 0.141. The molecule has 0 aliphatic carbocycles. The van der Waals surface area contributed by atoms with Crippen molar-refractivity contribution in [1.29, 1.82) is 0 Å². The molecular weight excluding hydrogens is 173 g/mol. The lowest BCUT2D eigenvalue weighted by Gasteiger charge is -2.04. The predicted octanol–water partition coefficient (Wildman–Crippen LogP) is 1.27. The molecule has 1 aromatic carbocycles. The van der Waals surface area contributed by atoms with Crippen LogP contribution in [0.4, 0.5) is 4.39 Å². The summed E-state index contributed by atoms with van der Waals surface area (Å²) in [5.74, 6) is 5.05. The summed E-state index contributed by atoms with van der Waals surface area (Å²) in [6.45, 7) is 0.368. The number of methoxy groups -OCH3 is 1. The van der Waals surface area contributed by atoms with Crippen molar-refractivity contribution < 1.29 is 14.0 Å². The monoisotopic (exact) mass is 185 g/mol. The Kier molecular flexibility index (Phi) is 3.67. The van der Waals surface area contributed by atoms with E-state index < -0.39 is 0 Å². The standard InChI is InChI=1S/C9H12FNO2/c1-12-9-5-7(2-3-13-11)4-8(10)6-9/h4-6H,2-3,11H2,1H3. The maximum atomic E-state index is 12.9.